The largest absolute Gasteiger partial charge is 0.353 e. The fourth-order valence-electron chi connectivity index (χ4n) is 1.74. The maximum absolute atomic E-state index is 5.70. The molecular formula is C18H22O. The molecule has 0 spiro atoms. The molecule has 0 heterocycles. The molecule has 0 saturated carbocycles. The highest BCUT2D eigenvalue weighted by Gasteiger charge is 2.03. The molecule has 0 N–H and O–H groups in total. The number of benzene rings is 1. The van der Waals surface area contributed by atoms with E-state index >= 15 is 0 Å². The lowest BCUT2D eigenvalue weighted by Crippen LogP contribution is -2.10. The van der Waals surface area contributed by atoms with Gasteiger partial charge in [-0.1, -0.05) is 55.7 Å². The van der Waals surface area contributed by atoms with Crippen LogP contribution in [0.5, 0.6) is 0 Å². The first-order valence-corrected chi connectivity index (χ1v) is 6.94. The minimum absolute atomic E-state index is 0.0293. The predicted molar refractivity (Wildman–Crippen MR) is 80.7 cm³/mol. The van der Waals surface area contributed by atoms with Crippen molar-refractivity contribution in [3.05, 3.63) is 35.9 Å². The molecule has 0 bridgehead atoms. The van der Waals surface area contributed by atoms with Crippen molar-refractivity contribution in [3.63, 3.8) is 0 Å². The molecule has 0 aliphatic rings. The van der Waals surface area contributed by atoms with Crippen LogP contribution in [0.15, 0.2) is 30.3 Å². The molecule has 100 valence electrons. The van der Waals surface area contributed by atoms with Crippen LogP contribution in [0.1, 0.15) is 45.1 Å². The third-order valence-corrected chi connectivity index (χ3v) is 2.74. The zero-order valence-corrected chi connectivity index (χ0v) is 11.9. The van der Waals surface area contributed by atoms with Gasteiger partial charge in [-0.15, -0.1) is 5.92 Å². The Balaban J connectivity index is 2.35. The molecule has 0 aliphatic heterocycles. The minimum Gasteiger partial charge on any atom is -0.353 e. The number of ether oxygens (including phenoxy) is 1. The van der Waals surface area contributed by atoms with Crippen molar-refractivity contribution < 1.29 is 4.74 Å². The molecular weight excluding hydrogens is 232 g/mol. The van der Waals surface area contributed by atoms with Crippen LogP contribution < -0.4 is 0 Å². The zero-order chi connectivity index (χ0) is 13.8. The summed E-state index contributed by atoms with van der Waals surface area (Å²) in [7, 11) is 0. The summed E-state index contributed by atoms with van der Waals surface area (Å²) in [6.07, 6.45) is 4.66. The van der Waals surface area contributed by atoms with Crippen molar-refractivity contribution in [3.8, 4) is 23.7 Å². The molecule has 1 atom stereocenters. The average molecular weight is 254 g/mol. The summed E-state index contributed by atoms with van der Waals surface area (Å²) in [6, 6.07) is 9.96. The Morgan fingerprint density at radius 2 is 1.95 bits per heavy atom. The fourth-order valence-corrected chi connectivity index (χ4v) is 1.74. The number of hydrogen-bond donors (Lipinski definition) is 0. The molecule has 1 aromatic rings. The van der Waals surface area contributed by atoms with E-state index in [9.17, 15) is 0 Å². The SMILES string of the molecule is CC#CC(CCCCC)OCC#Cc1ccccc1. The third-order valence-electron chi connectivity index (χ3n) is 2.74. The van der Waals surface area contributed by atoms with Gasteiger partial charge in [0.25, 0.3) is 0 Å². The van der Waals surface area contributed by atoms with E-state index in [2.05, 4.69) is 30.6 Å². The molecule has 1 nitrogen and oxygen atoms in total. The van der Waals surface area contributed by atoms with Crippen molar-refractivity contribution >= 4 is 0 Å². The molecule has 0 fully saturated rings. The molecule has 1 unspecified atom stereocenters. The van der Waals surface area contributed by atoms with Crippen LogP contribution in [0.25, 0.3) is 0 Å². The second kappa shape index (κ2) is 10.2. The Hall–Kier alpha value is -1.70. The maximum Gasteiger partial charge on any atom is 0.119 e. The normalized spacial score (nSPS) is 10.8. The lowest BCUT2D eigenvalue weighted by molar-refractivity contribution is 0.111. The lowest BCUT2D eigenvalue weighted by Gasteiger charge is -2.09. The number of rotatable bonds is 6. The van der Waals surface area contributed by atoms with Gasteiger partial charge in [0.15, 0.2) is 0 Å². The minimum atomic E-state index is 0.0293. The van der Waals surface area contributed by atoms with E-state index in [4.69, 9.17) is 4.74 Å². The highest BCUT2D eigenvalue weighted by molar-refractivity contribution is 5.33. The van der Waals surface area contributed by atoms with Gasteiger partial charge in [0.1, 0.15) is 12.7 Å². The molecule has 0 radical (unpaired) electrons. The van der Waals surface area contributed by atoms with Crippen LogP contribution in [0.4, 0.5) is 0 Å². The van der Waals surface area contributed by atoms with Gasteiger partial charge in [0, 0.05) is 5.56 Å². The van der Waals surface area contributed by atoms with Crippen molar-refractivity contribution in [2.24, 2.45) is 0 Å². The smallest absolute Gasteiger partial charge is 0.119 e. The molecule has 0 saturated heterocycles. The molecule has 19 heavy (non-hydrogen) atoms. The first-order valence-electron chi connectivity index (χ1n) is 6.94. The highest BCUT2D eigenvalue weighted by Crippen LogP contribution is 2.06. The Morgan fingerprint density at radius 3 is 2.63 bits per heavy atom. The first-order chi connectivity index (χ1) is 9.36. The molecule has 0 amide bonds. The summed E-state index contributed by atoms with van der Waals surface area (Å²) in [4.78, 5) is 0. The standard InChI is InChI=1S/C18H22O/c1-3-5-7-15-18(11-4-2)19-16-10-14-17-12-8-6-9-13-17/h6,8-9,12-13,18H,3,5,7,15-16H2,1-2H3. The Bertz CT molecular complexity index is 453. The second-order valence-electron chi connectivity index (χ2n) is 4.36. The molecule has 1 heteroatoms. The summed E-state index contributed by atoms with van der Waals surface area (Å²) in [6.45, 7) is 4.50. The van der Waals surface area contributed by atoms with Crippen molar-refractivity contribution in [2.75, 3.05) is 6.61 Å². The van der Waals surface area contributed by atoms with Gasteiger partial charge in [0.2, 0.25) is 0 Å². The number of hydrogen-bond acceptors (Lipinski definition) is 1. The second-order valence-corrected chi connectivity index (χ2v) is 4.36. The maximum atomic E-state index is 5.70. The van der Waals surface area contributed by atoms with Crippen molar-refractivity contribution in [1.82, 2.24) is 0 Å². The van der Waals surface area contributed by atoms with Crippen molar-refractivity contribution in [1.29, 1.82) is 0 Å². The molecule has 1 aromatic carbocycles. The molecule has 1 rings (SSSR count). The summed E-state index contributed by atoms with van der Waals surface area (Å²) in [5.41, 5.74) is 1.02. The van der Waals surface area contributed by atoms with Gasteiger partial charge in [-0.25, -0.2) is 0 Å². The van der Waals surface area contributed by atoms with Crippen LogP contribution >= 0.6 is 0 Å². The van der Waals surface area contributed by atoms with E-state index in [1.165, 1.54) is 19.3 Å². The van der Waals surface area contributed by atoms with Crippen LogP contribution in [0.2, 0.25) is 0 Å². The quantitative estimate of drug-likeness (QED) is 0.550. The Kier molecular flexibility index (Phi) is 8.28. The Labute approximate surface area is 117 Å². The van der Waals surface area contributed by atoms with Crippen LogP contribution in [0, 0.1) is 23.7 Å². The zero-order valence-electron chi connectivity index (χ0n) is 11.9. The van der Waals surface area contributed by atoms with Gasteiger partial charge >= 0.3 is 0 Å². The first kappa shape index (κ1) is 15.4. The summed E-state index contributed by atoms with van der Waals surface area (Å²) in [5.74, 6) is 12.2. The van der Waals surface area contributed by atoms with E-state index in [-0.39, 0.29) is 6.10 Å². The molecule has 0 aliphatic carbocycles. The predicted octanol–water partition coefficient (Wildman–Crippen LogP) is 4.03. The monoisotopic (exact) mass is 254 g/mol. The van der Waals surface area contributed by atoms with Crippen LogP contribution in [-0.2, 0) is 4.74 Å². The Morgan fingerprint density at radius 1 is 1.16 bits per heavy atom. The van der Waals surface area contributed by atoms with Gasteiger partial charge in [-0.2, -0.15) is 0 Å². The summed E-state index contributed by atoms with van der Waals surface area (Å²) in [5, 5.41) is 0. The van der Waals surface area contributed by atoms with Crippen LogP contribution in [-0.4, -0.2) is 12.7 Å². The van der Waals surface area contributed by atoms with E-state index in [1.807, 2.05) is 37.3 Å². The highest BCUT2D eigenvalue weighted by atomic mass is 16.5. The van der Waals surface area contributed by atoms with Crippen molar-refractivity contribution in [2.45, 2.75) is 45.6 Å². The van der Waals surface area contributed by atoms with Gasteiger partial charge in [0.05, 0.1) is 0 Å². The van der Waals surface area contributed by atoms with E-state index in [0.29, 0.717) is 6.61 Å². The van der Waals surface area contributed by atoms with E-state index < -0.39 is 0 Å². The van der Waals surface area contributed by atoms with Gasteiger partial charge in [-0.3, -0.25) is 0 Å². The summed E-state index contributed by atoms with van der Waals surface area (Å²) >= 11 is 0. The van der Waals surface area contributed by atoms with Gasteiger partial charge < -0.3 is 4.74 Å². The van der Waals surface area contributed by atoms with E-state index in [1.54, 1.807) is 0 Å². The number of unbranched alkanes of at least 4 members (excludes halogenated alkanes) is 2. The molecule has 0 aromatic heterocycles. The van der Waals surface area contributed by atoms with Gasteiger partial charge in [-0.05, 0) is 31.9 Å². The van der Waals surface area contributed by atoms with E-state index in [0.717, 1.165) is 12.0 Å². The summed E-state index contributed by atoms with van der Waals surface area (Å²) < 4.78 is 5.70. The topological polar surface area (TPSA) is 9.23 Å². The third kappa shape index (κ3) is 7.35. The van der Waals surface area contributed by atoms with Crippen LogP contribution in [0.3, 0.4) is 0 Å². The average Bonchev–Trinajstić information content (AvgIpc) is 2.45. The fraction of sp³-hybridized carbons (Fsp3) is 0.444. The lowest BCUT2D eigenvalue weighted by atomic mass is 10.1.